The summed E-state index contributed by atoms with van der Waals surface area (Å²) in [4.78, 5) is 32.0. The summed E-state index contributed by atoms with van der Waals surface area (Å²) >= 11 is 3.30. The summed E-state index contributed by atoms with van der Waals surface area (Å²) in [5, 5.41) is 0. The van der Waals surface area contributed by atoms with Crippen LogP contribution in [0.5, 0.6) is 0 Å². The Morgan fingerprint density at radius 3 is 2.26 bits per heavy atom. The lowest BCUT2D eigenvalue weighted by atomic mass is 10.2. The summed E-state index contributed by atoms with van der Waals surface area (Å²) in [7, 11) is 0. The molecule has 6 N–H and O–H groups in total. The zero-order valence-electron chi connectivity index (χ0n) is 13.7. The van der Waals surface area contributed by atoms with Gasteiger partial charge in [0.25, 0.3) is 5.91 Å². The van der Waals surface area contributed by atoms with Crippen molar-refractivity contribution in [3.05, 3.63) is 64.8 Å². The second-order valence-corrected chi connectivity index (χ2v) is 5.95. The molecule has 11 heteroatoms. The number of benzene rings is 1. The van der Waals surface area contributed by atoms with E-state index in [1.54, 1.807) is 30.3 Å². The van der Waals surface area contributed by atoms with Gasteiger partial charge in [0, 0.05) is 4.47 Å². The summed E-state index contributed by atoms with van der Waals surface area (Å²) in [6, 6.07) is 10.0. The molecule has 0 unspecified atom stereocenters. The molecule has 0 aliphatic carbocycles. The highest BCUT2D eigenvalue weighted by Crippen LogP contribution is 2.21. The highest BCUT2D eigenvalue weighted by Gasteiger charge is 2.13. The van der Waals surface area contributed by atoms with Crippen LogP contribution in [0.3, 0.4) is 0 Å². The number of nitrogens with zero attached hydrogens (tertiary/aromatic N) is 2. The van der Waals surface area contributed by atoms with E-state index in [1.165, 1.54) is 18.7 Å². The predicted molar refractivity (Wildman–Crippen MR) is 101 cm³/mol. The monoisotopic (exact) mass is 431 g/mol. The molecule has 2 amide bonds. The molecule has 0 bridgehead atoms. The summed E-state index contributed by atoms with van der Waals surface area (Å²) in [6.07, 6.45) is 2.59. The van der Waals surface area contributed by atoms with Crippen LogP contribution in [0.2, 0.25) is 0 Å². The number of amides is 2. The fraction of sp³-hybridized carbons (Fsp3) is 0. The van der Waals surface area contributed by atoms with Crippen LogP contribution in [-0.4, -0.2) is 21.8 Å². The first-order chi connectivity index (χ1) is 13.1. The van der Waals surface area contributed by atoms with Crippen molar-refractivity contribution in [3.8, 4) is 0 Å². The minimum atomic E-state index is -0.505. The average molecular weight is 432 g/mol. The molecule has 2 aromatic heterocycles. The van der Waals surface area contributed by atoms with E-state index in [9.17, 15) is 9.59 Å². The van der Waals surface area contributed by atoms with Gasteiger partial charge in [-0.05, 0) is 40.2 Å². The van der Waals surface area contributed by atoms with Crippen LogP contribution in [0, 0.1) is 0 Å². The first-order valence-electron chi connectivity index (χ1n) is 7.57. The Balaban J connectivity index is 1.63. The van der Waals surface area contributed by atoms with E-state index in [-0.39, 0.29) is 29.0 Å². The number of aromatic nitrogens is 2. The summed E-state index contributed by atoms with van der Waals surface area (Å²) in [5.41, 5.74) is 16.6. The van der Waals surface area contributed by atoms with Crippen LogP contribution in [0.25, 0.3) is 0 Å². The van der Waals surface area contributed by atoms with Crippen LogP contribution in [0.4, 0.5) is 17.3 Å². The number of carbonyl (C=O) groups is 2. The number of nitrogens with one attached hydrogen (secondary N) is 4. The largest absolute Gasteiger partial charge is 0.459 e. The molecular formula is C16H14BrN7O3. The van der Waals surface area contributed by atoms with Crippen molar-refractivity contribution < 1.29 is 14.0 Å². The molecule has 2 heterocycles. The van der Waals surface area contributed by atoms with E-state index < -0.39 is 5.91 Å². The molecular weight excluding hydrogens is 418 g/mol. The van der Waals surface area contributed by atoms with Crippen LogP contribution in [0.1, 0.15) is 20.9 Å². The van der Waals surface area contributed by atoms with Gasteiger partial charge < -0.3 is 10.2 Å². The van der Waals surface area contributed by atoms with Crippen molar-refractivity contribution >= 4 is 45.1 Å². The summed E-state index contributed by atoms with van der Waals surface area (Å²) < 4.78 is 5.62. The predicted octanol–water partition coefficient (Wildman–Crippen LogP) is 1.93. The Bertz CT molecular complexity index is 962. The van der Waals surface area contributed by atoms with Crippen LogP contribution in [0.15, 0.2) is 57.9 Å². The molecule has 10 nitrogen and oxygen atoms in total. The van der Waals surface area contributed by atoms with E-state index in [0.717, 1.165) is 0 Å². The van der Waals surface area contributed by atoms with Crippen LogP contribution >= 0.6 is 15.9 Å². The Labute approximate surface area is 161 Å². The number of nitrogen functional groups attached to an aromatic ring is 1. The van der Waals surface area contributed by atoms with E-state index in [4.69, 9.17) is 10.2 Å². The molecule has 0 aliphatic rings. The third kappa shape index (κ3) is 4.33. The number of halogens is 1. The molecule has 0 fully saturated rings. The van der Waals surface area contributed by atoms with E-state index in [2.05, 4.69) is 47.6 Å². The fourth-order valence-corrected chi connectivity index (χ4v) is 2.47. The smallest absolute Gasteiger partial charge is 0.305 e. The van der Waals surface area contributed by atoms with Gasteiger partial charge in [0.05, 0.1) is 11.8 Å². The Morgan fingerprint density at radius 1 is 0.963 bits per heavy atom. The molecule has 0 saturated heterocycles. The maximum absolute atomic E-state index is 12.2. The molecule has 0 spiro atoms. The van der Waals surface area contributed by atoms with Crippen molar-refractivity contribution in [3.63, 3.8) is 0 Å². The number of nitrogens with two attached hydrogens (primary N) is 1. The number of rotatable bonds is 6. The lowest BCUT2D eigenvalue weighted by molar-refractivity contribution is 0.0933. The normalized spacial score (nSPS) is 10.1. The van der Waals surface area contributed by atoms with Gasteiger partial charge in [-0.2, -0.15) is 0 Å². The lowest BCUT2D eigenvalue weighted by Crippen LogP contribution is -2.32. The zero-order chi connectivity index (χ0) is 19.2. The minimum absolute atomic E-state index is 0.0877. The first kappa shape index (κ1) is 18.2. The quantitative estimate of drug-likeness (QED) is 0.371. The third-order valence-electron chi connectivity index (χ3n) is 3.34. The molecule has 27 heavy (non-hydrogen) atoms. The second-order valence-electron chi connectivity index (χ2n) is 5.10. The number of anilines is 3. The number of furan rings is 1. The number of hydrogen-bond donors (Lipinski definition) is 5. The molecule has 3 aromatic rings. The van der Waals surface area contributed by atoms with Crippen molar-refractivity contribution in [1.29, 1.82) is 0 Å². The molecule has 138 valence electrons. The van der Waals surface area contributed by atoms with Gasteiger partial charge in [-0.3, -0.25) is 31.3 Å². The summed E-state index contributed by atoms with van der Waals surface area (Å²) in [6.45, 7) is 0. The van der Waals surface area contributed by atoms with Crippen LogP contribution < -0.4 is 27.4 Å². The van der Waals surface area contributed by atoms with Gasteiger partial charge in [-0.1, -0.05) is 12.1 Å². The third-order valence-corrected chi connectivity index (χ3v) is 4.03. The molecule has 3 rings (SSSR count). The summed E-state index contributed by atoms with van der Waals surface area (Å²) in [5.74, 6) is -0.479. The Kier molecular flexibility index (Phi) is 5.52. The van der Waals surface area contributed by atoms with Crippen LogP contribution in [-0.2, 0) is 0 Å². The number of carbonyl (C=O) groups excluding carboxylic acids is 2. The molecule has 1 aromatic carbocycles. The van der Waals surface area contributed by atoms with Gasteiger partial charge in [0.2, 0.25) is 0 Å². The zero-order valence-corrected chi connectivity index (χ0v) is 15.3. The SMILES string of the molecule is Nc1c(NNC(=O)c2ccco2)ncnc1NNC(=O)c1ccccc1Br. The van der Waals surface area contributed by atoms with Gasteiger partial charge in [0.1, 0.15) is 12.0 Å². The first-order valence-corrected chi connectivity index (χ1v) is 8.37. The lowest BCUT2D eigenvalue weighted by Gasteiger charge is -2.13. The number of hydrazine groups is 2. The Hall–Kier alpha value is -3.60. The maximum Gasteiger partial charge on any atom is 0.305 e. The topological polar surface area (TPSA) is 147 Å². The van der Waals surface area contributed by atoms with Gasteiger partial charge in [-0.15, -0.1) is 0 Å². The number of hydrogen-bond acceptors (Lipinski definition) is 8. The highest BCUT2D eigenvalue weighted by molar-refractivity contribution is 9.10. The minimum Gasteiger partial charge on any atom is -0.459 e. The van der Waals surface area contributed by atoms with Gasteiger partial charge in [0.15, 0.2) is 17.4 Å². The highest BCUT2D eigenvalue weighted by atomic mass is 79.9. The van der Waals surface area contributed by atoms with Crippen molar-refractivity contribution in [2.24, 2.45) is 0 Å². The molecule has 0 radical (unpaired) electrons. The van der Waals surface area contributed by atoms with Crippen molar-refractivity contribution in [2.75, 3.05) is 16.6 Å². The molecule has 0 saturated carbocycles. The van der Waals surface area contributed by atoms with Crippen molar-refractivity contribution in [1.82, 2.24) is 20.8 Å². The van der Waals surface area contributed by atoms with E-state index in [0.29, 0.717) is 10.0 Å². The van der Waals surface area contributed by atoms with Gasteiger partial charge >= 0.3 is 5.91 Å². The second kappa shape index (κ2) is 8.19. The van der Waals surface area contributed by atoms with Crippen molar-refractivity contribution in [2.45, 2.75) is 0 Å². The molecule has 0 aliphatic heterocycles. The average Bonchev–Trinajstić information content (AvgIpc) is 3.21. The molecule has 0 atom stereocenters. The van der Waals surface area contributed by atoms with E-state index >= 15 is 0 Å². The Morgan fingerprint density at radius 2 is 1.63 bits per heavy atom. The standard InChI is InChI=1S/C16H14BrN7O3/c17-10-5-2-1-4-9(10)15(25)23-21-13-12(18)14(20-8-19-13)22-24-16(26)11-6-3-7-27-11/h1-8H,18H2,(H,23,25)(H,24,26)(H2,19,20,21,22). The van der Waals surface area contributed by atoms with Gasteiger partial charge in [-0.25, -0.2) is 9.97 Å². The van der Waals surface area contributed by atoms with E-state index in [1.807, 2.05) is 0 Å². The fourth-order valence-electron chi connectivity index (χ4n) is 2.01. The maximum atomic E-state index is 12.2.